The second kappa shape index (κ2) is 10.1. The van der Waals surface area contributed by atoms with E-state index in [9.17, 15) is 13.2 Å². The molecule has 0 aromatic rings. The number of thioether (sulfide) groups is 1. The molecular formula is C13H24F3IN4OS. The van der Waals surface area contributed by atoms with Crippen LogP contribution in [0.25, 0.3) is 0 Å². The zero-order valence-corrected chi connectivity index (χ0v) is 16.3. The highest BCUT2D eigenvalue weighted by Gasteiger charge is 2.30. The van der Waals surface area contributed by atoms with Gasteiger partial charge in [0.15, 0.2) is 5.96 Å². The van der Waals surface area contributed by atoms with E-state index in [0.29, 0.717) is 12.0 Å². The second-order valence-corrected chi connectivity index (χ2v) is 6.46. The fourth-order valence-corrected chi connectivity index (χ4v) is 3.27. The number of halogens is 4. The smallest absolute Gasteiger partial charge is 0.379 e. The summed E-state index contributed by atoms with van der Waals surface area (Å²) >= 11 is -0.00629. The molecule has 0 saturated carbocycles. The quantitative estimate of drug-likeness (QED) is 0.295. The predicted octanol–water partition coefficient (Wildman–Crippen LogP) is 1.84. The SMILES string of the molecule is CN=C(NCCSC(F)(F)F)N1CCC(N2CCOCC2)C1.I. The van der Waals surface area contributed by atoms with Gasteiger partial charge in [0, 0.05) is 51.6 Å². The van der Waals surface area contributed by atoms with E-state index >= 15 is 0 Å². The lowest BCUT2D eigenvalue weighted by Gasteiger charge is -2.32. The fourth-order valence-electron chi connectivity index (χ4n) is 2.84. The van der Waals surface area contributed by atoms with E-state index in [1.807, 2.05) is 0 Å². The summed E-state index contributed by atoms with van der Waals surface area (Å²) in [5, 5.41) is 3.02. The maximum Gasteiger partial charge on any atom is 0.441 e. The molecule has 2 saturated heterocycles. The van der Waals surface area contributed by atoms with Crippen LogP contribution in [0.2, 0.25) is 0 Å². The average molecular weight is 468 g/mol. The minimum absolute atomic E-state index is 0. The average Bonchev–Trinajstić information content (AvgIpc) is 2.97. The summed E-state index contributed by atoms with van der Waals surface area (Å²) in [6.45, 7) is 5.46. The van der Waals surface area contributed by atoms with Crippen LogP contribution in [0.1, 0.15) is 6.42 Å². The number of aliphatic imine (C=N–C) groups is 1. The lowest BCUT2D eigenvalue weighted by molar-refractivity contribution is -0.0327. The van der Waals surface area contributed by atoms with Crippen molar-refractivity contribution in [1.82, 2.24) is 15.1 Å². The standard InChI is InChI=1S/C13H23F3N4OS.HI/c1-17-12(18-3-9-22-13(14,15)16)20-4-2-11(10-20)19-5-7-21-8-6-19;/h11H,2-10H2,1H3,(H,17,18);1H. The third-order valence-electron chi connectivity index (χ3n) is 3.89. The van der Waals surface area contributed by atoms with Crippen molar-refractivity contribution in [1.29, 1.82) is 0 Å². The Hall–Kier alpha value is 0.0600. The van der Waals surface area contributed by atoms with Gasteiger partial charge in [0.25, 0.3) is 0 Å². The molecule has 2 fully saturated rings. The Morgan fingerprint density at radius 3 is 2.61 bits per heavy atom. The number of hydrogen-bond acceptors (Lipinski definition) is 4. The summed E-state index contributed by atoms with van der Waals surface area (Å²) in [6, 6.07) is 0.479. The molecule has 2 aliphatic heterocycles. The van der Waals surface area contributed by atoms with Crippen LogP contribution < -0.4 is 5.32 Å². The van der Waals surface area contributed by atoms with Gasteiger partial charge in [-0.3, -0.25) is 9.89 Å². The Kier molecular flexibility index (Phi) is 9.31. The molecule has 10 heteroatoms. The van der Waals surface area contributed by atoms with Gasteiger partial charge in [0.1, 0.15) is 0 Å². The first-order valence-corrected chi connectivity index (χ1v) is 8.46. The van der Waals surface area contributed by atoms with E-state index in [2.05, 4.69) is 20.1 Å². The number of hydrogen-bond donors (Lipinski definition) is 1. The molecule has 0 bridgehead atoms. The van der Waals surface area contributed by atoms with Crippen molar-refractivity contribution in [2.45, 2.75) is 18.0 Å². The van der Waals surface area contributed by atoms with Crippen molar-refractivity contribution in [3.05, 3.63) is 0 Å². The van der Waals surface area contributed by atoms with Crippen LogP contribution in [0.15, 0.2) is 4.99 Å². The molecule has 23 heavy (non-hydrogen) atoms. The molecule has 136 valence electrons. The number of nitrogens with one attached hydrogen (secondary N) is 1. The summed E-state index contributed by atoms with van der Waals surface area (Å²) in [4.78, 5) is 8.73. The molecule has 0 spiro atoms. The highest BCUT2D eigenvalue weighted by atomic mass is 127. The van der Waals surface area contributed by atoms with Crippen molar-refractivity contribution in [2.24, 2.45) is 4.99 Å². The Labute approximate surface area is 156 Å². The van der Waals surface area contributed by atoms with Gasteiger partial charge >= 0.3 is 5.51 Å². The molecule has 0 aliphatic carbocycles. The second-order valence-electron chi connectivity index (χ2n) is 5.31. The Morgan fingerprint density at radius 1 is 1.30 bits per heavy atom. The van der Waals surface area contributed by atoms with Crippen molar-refractivity contribution >= 4 is 41.7 Å². The fraction of sp³-hybridized carbons (Fsp3) is 0.923. The summed E-state index contributed by atoms with van der Waals surface area (Å²) in [6.07, 6.45) is 1.05. The molecule has 0 amide bonds. The Bertz CT molecular complexity index is 381. The summed E-state index contributed by atoms with van der Waals surface area (Å²) < 4.78 is 41.7. The minimum atomic E-state index is -4.17. The monoisotopic (exact) mass is 468 g/mol. The molecule has 0 aromatic carbocycles. The van der Waals surface area contributed by atoms with Crippen molar-refractivity contribution in [2.75, 3.05) is 58.7 Å². The number of rotatable bonds is 4. The van der Waals surface area contributed by atoms with Gasteiger partial charge in [-0.05, 0) is 18.2 Å². The number of alkyl halides is 3. The zero-order valence-electron chi connectivity index (χ0n) is 13.1. The molecule has 2 aliphatic rings. The van der Waals surface area contributed by atoms with Crippen molar-refractivity contribution in [3.63, 3.8) is 0 Å². The van der Waals surface area contributed by atoms with Gasteiger partial charge in [-0.25, -0.2) is 0 Å². The molecule has 1 atom stereocenters. The first-order valence-electron chi connectivity index (χ1n) is 7.47. The third-order valence-corrected chi connectivity index (χ3v) is 4.62. The molecule has 1 N–H and O–H groups in total. The van der Waals surface area contributed by atoms with E-state index in [1.165, 1.54) is 0 Å². The Morgan fingerprint density at radius 2 is 2.00 bits per heavy atom. The number of nitrogens with zero attached hydrogens (tertiary/aromatic N) is 3. The number of morpholine rings is 1. The molecule has 2 heterocycles. The number of likely N-dealkylation sites (tertiary alicyclic amines) is 1. The van der Waals surface area contributed by atoms with Gasteiger partial charge < -0.3 is 15.0 Å². The first-order chi connectivity index (χ1) is 10.5. The van der Waals surface area contributed by atoms with Crippen LogP contribution in [0.4, 0.5) is 13.2 Å². The first kappa shape index (κ1) is 21.1. The van der Waals surface area contributed by atoms with E-state index in [0.717, 1.165) is 45.8 Å². The van der Waals surface area contributed by atoms with Crippen molar-refractivity contribution < 1.29 is 17.9 Å². The van der Waals surface area contributed by atoms with Crippen LogP contribution in [-0.4, -0.2) is 86.0 Å². The third kappa shape index (κ3) is 7.22. The minimum Gasteiger partial charge on any atom is -0.379 e. The van der Waals surface area contributed by atoms with Crippen LogP contribution in [0.3, 0.4) is 0 Å². The number of ether oxygens (including phenoxy) is 1. The van der Waals surface area contributed by atoms with Crippen molar-refractivity contribution in [3.8, 4) is 0 Å². The van der Waals surface area contributed by atoms with Gasteiger partial charge in [-0.15, -0.1) is 24.0 Å². The molecule has 0 radical (unpaired) electrons. The highest BCUT2D eigenvalue weighted by Crippen LogP contribution is 2.29. The van der Waals surface area contributed by atoms with Crippen LogP contribution in [-0.2, 0) is 4.74 Å². The summed E-state index contributed by atoms with van der Waals surface area (Å²) in [7, 11) is 1.67. The zero-order chi connectivity index (χ0) is 16.0. The molecule has 1 unspecified atom stereocenters. The topological polar surface area (TPSA) is 40.1 Å². The van der Waals surface area contributed by atoms with E-state index in [-0.39, 0.29) is 48.0 Å². The molecule has 0 aromatic heterocycles. The normalized spacial score (nSPS) is 23.7. The van der Waals surface area contributed by atoms with E-state index in [4.69, 9.17) is 4.74 Å². The van der Waals surface area contributed by atoms with Crippen LogP contribution >= 0.6 is 35.7 Å². The summed E-state index contributed by atoms with van der Waals surface area (Å²) in [5.41, 5.74) is -4.17. The molecule has 2 rings (SSSR count). The highest BCUT2D eigenvalue weighted by molar-refractivity contribution is 14.0. The van der Waals surface area contributed by atoms with Crippen LogP contribution in [0, 0.1) is 0 Å². The van der Waals surface area contributed by atoms with E-state index < -0.39 is 5.51 Å². The summed E-state index contributed by atoms with van der Waals surface area (Å²) in [5.74, 6) is 0.682. The molecule has 5 nitrogen and oxygen atoms in total. The maximum absolute atomic E-state index is 12.1. The lowest BCUT2D eigenvalue weighted by atomic mass is 10.2. The lowest BCUT2D eigenvalue weighted by Crippen LogP contribution is -2.47. The maximum atomic E-state index is 12.1. The Balaban J connectivity index is 0.00000264. The largest absolute Gasteiger partial charge is 0.441 e. The van der Waals surface area contributed by atoms with Gasteiger partial charge in [-0.1, -0.05) is 0 Å². The van der Waals surface area contributed by atoms with E-state index in [1.54, 1.807) is 7.05 Å². The molecular weight excluding hydrogens is 444 g/mol. The predicted molar refractivity (Wildman–Crippen MR) is 97.7 cm³/mol. The van der Waals surface area contributed by atoms with Crippen LogP contribution in [0.5, 0.6) is 0 Å². The van der Waals surface area contributed by atoms with Gasteiger partial charge in [0.05, 0.1) is 13.2 Å². The van der Waals surface area contributed by atoms with Gasteiger partial charge in [0.2, 0.25) is 0 Å². The number of guanidine groups is 1. The van der Waals surface area contributed by atoms with Gasteiger partial charge in [-0.2, -0.15) is 13.2 Å².